The molecule has 4 unspecified atom stereocenters. The molecule has 0 radical (unpaired) electrons. The van der Waals surface area contributed by atoms with Crippen LogP contribution in [0, 0.1) is 5.92 Å². The third kappa shape index (κ3) is 4.24. The molecule has 1 aromatic rings. The largest absolute Gasteiger partial charge is 0.573 e. The minimum atomic E-state index is -4.73. The van der Waals surface area contributed by atoms with Gasteiger partial charge in [0.1, 0.15) is 11.8 Å². The second kappa shape index (κ2) is 8.07. The van der Waals surface area contributed by atoms with Gasteiger partial charge in [0.2, 0.25) is 11.8 Å². The first-order valence-corrected chi connectivity index (χ1v) is 10.1. The molecule has 2 aliphatic heterocycles. The minimum Gasteiger partial charge on any atom is -0.406 e. The fourth-order valence-electron chi connectivity index (χ4n) is 4.82. The number of fused-ring (bicyclic) bond motifs is 3. The first-order valence-electron chi connectivity index (χ1n) is 10.1. The average Bonchev–Trinajstić information content (AvgIpc) is 3.20. The lowest BCUT2D eigenvalue weighted by Gasteiger charge is -2.50. The van der Waals surface area contributed by atoms with E-state index < -0.39 is 6.36 Å². The molecule has 2 heterocycles. The van der Waals surface area contributed by atoms with E-state index in [0.29, 0.717) is 12.0 Å². The van der Waals surface area contributed by atoms with Crippen molar-refractivity contribution >= 4 is 11.8 Å². The Balaban J connectivity index is 1.32. The molecular weight excluding hydrogens is 401 g/mol. The maximum Gasteiger partial charge on any atom is 0.573 e. The van der Waals surface area contributed by atoms with Crippen LogP contribution in [-0.4, -0.2) is 59.8 Å². The van der Waals surface area contributed by atoms with Crippen LogP contribution in [0.4, 0.5) is 13.2 Å². The summed E-state index contributed by atoms with van der Waals surface area (Å²) in [6.07, 6.45) is -1.76. The summed E-state index contributed by atoms with van der Waals surface area (Å²) in [6, 6.07) is 5.53. The van der Waals surface area contributed by atoms with Crippen LogP contribution in [0.3, 0.4) is 0 Å². The molecule has 1 aliphatic carbocycles. The number of alkyl halides is 3. The molecule has 4 atom stereocenters. The normalized spacial score (nSPS) is 29.3. The SMILES string of the molecule is CN1C(=O)C2CCNN2C2CCC(C(=O)NCc3ccc(OC(F)(F)F)cc3)CC21. The summed E-state index contributed by atoms with van der Waals surface area (Å²) in [6.45, 7) is 1.02. The number of benzene rings is 1. The standard InChI is InChI=1S/C20H25F3N4O3/c1-26-17-10-13(4-7-15(17)27-16(19(26)29)8-9-25-27)18(28)24-11-12-2-5-14(6-3-12)30-20(21,22)23/h2-3,5-6,13,15-17,25H,4,7-11H2,1H3,(H,24,28). The zero-order valence-corrected chi connectivity index (χ0v) is 16.6. The van der Waals surface area contributed by atoms with Gasteiger partial charge in [-0.3, -0.25) is 15.0 Å². The molecule has 0 aromatic heterocycles. The highest BCUT2D eigenvalue weighted by Crippen LogP contribution is 2.36. The van der Waals surface area contributed by atoms with Gasteiger partial charge in [-0.2, -0.15) is 0 Å². The number of nitrogens with one attached hydrogen (secondary N) is 2. The van der Waals surface area contributed by atoms with Crippen molar-refractivity contribution < 1.29 is 27.5 Å². The molecule has 2 saturated heterocycles. The summed E-state index contributed by atoms with van der Waals surface area (Å²) in [4.78, 5) is 27.1. The molecule has 1 aromatic carbocycles. The number of halogens is 3. The van der Waals surface area contributed by atoms with E-state index in [0.717, 1.165) is 25.8 Å². The number of hydrogen-bond donors (Lipinski definition) is 2. The van der Waals surface area contributed by atoms with E-state index in [-0.39, 0.29) is 48.2 Å². The topological polar surface area (TPSA) is 73.9 Å². The second-order valence-corrected chi connectivity index (χ2v) is 8.12. The van der Waals surface area contributed by atoms with Crippen molar-refractivity contribution in [1.29, 1.82) is 0 Å². The monoisotopic (exact) mass is 426 g/mol. The zero-order chi connectivity index (χ0) is 21.5. The lowest BCUT2D eigenvalue weighted by molar-refractivity contribution is -0.274. The number of likely N-dealkylation sites (N-methyl/N-ethyl adjacent to an activating group) is 1. The Bertz CT molecular complexity index is 801. The van der Waals surface area contributed by atoms with Gasteiger partial charge in [-0.25, -0.2) is 5.01 Å². The van der Waals surface area contributed by atoms with E-state index in [2.05, 4.69) is 20.5 Å². The lowest BCUT2D eigenvalue weighted by Crippen LogP contribution is -2.67. The lowest BCUT2D eigenvalue weighted by atomic mass is 9.79. The Morgan fingerprint density at radius 3 is 2.63 bits per heavy atom. The molecule has 30 heavy (non-hydrogen) atoms. The predicted octanol–water partition coefficient (Wildman–Crippen LogP) is 1.79. The molecule has 1 saturated carbocycles. The van der Waals surface area contributed by atoms with Gasteiger partial charge in [0.05, 0.1) is 0 Å². The van der Waals surface area contributed by atoms with Crippen LogP contribution >= 0.6 is 0 Å². The highest BCUT2D eigenvalue weighted by atomic mass is 19.4. The van der Waals surface area contributed by atoms with Crippen molar-refractivity contribution in [2.75, 3.05) is 13.6 Å². The third-order valence-corrected chi connectivity index (χ3v) is 6.31. The van der Waals surface area contributed by atoms with E-state index in [1.54, 1.807) is 4.90 Å². The maximum absolute atomic E-state index is 12.7. The Kier molecular flexibility index (Phi) is 5.63. The molecule has 10 heteroatoms. The van der Waals surface area contributed by atoms with Crippen molar-refractivity contribution in [3.05, 3.63) is 29.8 Å². The number of carbonyl (C=O) groups is 2. The quantitative estimate of drug-likeness (QED) is 0.768. The average molecular weight is 426 g/mol. The van der Waals surface area contributed by atoms with Gasteiger partial charge in [0.15, 0.2) is 0 Å². The van der Waals surface area contributed by atoms with E-state index >= 15 is 0 Å². The molecule has 0 spiro atoms. The van der Waals surface area contributed by atoms with Crippen LogP contribution < -0.4 is 15.5 Å². The molecule has 3 fully saturated rings. The third-order valence-electron chi connectivity index (χ3n) is 6.31. The summed E-state index contributed by atoms with van der Waals surface area (Å²) >= 11 is 0. The van der Waals surface area contributed by atoms with Crippen molar-refractivity contribution in [1.82, 2.24) is 20.7 Å². The van der Waals surface area contributed by atoms with Gasteiger partial charge in [0, 0.05) is 38.1 Å². The summed E-state index contributed by atoms with van der Waals surface area (Å²) in [7, 11) is 1.82. The Hall–Kier alpha value is -2.33. The van der Waals surface area contributed by atoms with Gasteiger partial charge in [0.25, 0.3) is 0 Å². The van der Waals surface area contributed by atoms with Gasteiger partial charge < -0.3 is 15.0 Å². The van der Waals surface area contributed by atoms with E-state index in [1.807, 2.05) is 7.05 Å². The fourth-order valence-corrected chi connectivity index (χ4v) is 4.82. The molecule has 2 N–H and O–H groups in total. The van der Waals surface area contributed by atoms with E-state index in [4.69, 9.17) is 0 Å². The number of hydrogen-bond acceptors (Lipinski definition) is 5. The zero-order valence-electron chi connectivity index (χ0n) is 16.6. The van der Waals surface area contributed by atoms with Gasteiger partial charge in [-0.15, -0.1) is 13.2 Å². The van der Waals surface area contributed by atoms with Crippen molar-refractivity contribution in [2.45, 2.75) is 56.7 Å². The number of hydrazine groups is 1. The highest BCUT2D eigenvalue weighted by Gasteiger charge is 2.50. The first-order chi connectivity index (χ1) is 14.2. The van der Waals surface area contributed by atoms with Crippen molar-refractivity contribution in [2.24, 2.45) is 5.92 Å². The van der Waals surface area contributed by atoms with Crippen LogP contribution in [-0.2, 0) is 16.1 Å². The van der Waals surface area contributed by atoms with Crippen LogP contribution in [0.25, 0.3) is 0 Å². The Morgan fingerprint density at radius 2 is 1.93 bits per heavy atom. The summed E-state index contributed by atoms with van der Waals surface area (Å²) in [5.74, 6) is -0.492. The van der Waals surface area contributed by atoms with E-state index in [9.17, 15) is 22.8 Å². The van der Waals surface area contributed by atoms with Crippen LogP contribution in [0.2, 0.25) is 0 Å². The Labute approximate surface area is 172 Å². The summed E-state index contributed by atoms with van der Waals surface area (Å²) in [5.41, 5.74) is 4.00. The van der Waals surface area contributed by atoms with Gasteiger partial charge >= 0.3 is 6.36 Å². The number of ether oxygens (including phenoxy) is 1. The Morgan fingerprint density at radius 1 is 1.20 bits per heavy atom. The fraction of sp³-hybridized carbons (Fsp3) is 0.600. The number of amides is 2. The predicted molar refractivity (Wildman–Crippen MR) is 101 cm³/mol. The minimum absolute atomic E-state index is 0.0114. The van der Waals surface area contributed by atoms with Gasteiger partial charge in [-0.1, -0.05) is 12.1 Å². The smallest absolute Gasteiger partial charge is 0.406 e. The summed E-state index contributed by atoms with van der Waals surface area (Å²) < 4.78 is 40.5. The van der Waals surface area contributed by atoms with Crippen LogP contribution in [0.5, 0.6) is 5.75 Å². The summed E-state index contributed by atoms with van der Waals surface area (Å²) in [5, 5.41) is 4.96. The molecule has 3 aliphatic rings. The molecule has 0 bridgehead atoms. The molecule has 164 valence electrons. The van der Waals surface area contributed by atoms with Crippen LogP contribution in [0.1, 0.15) is 31.2 Å². The second-order valence-electron chi connectivity index (χ2n) is 8.12. The molecule has 7 nitrogen and oxygen atoms in total. The van der Waals surface area contributed by atoms with Gasteiger partial charge in [-0.05, 0) is 43.4 Å². The first kappa shape index (κ1) is 20.9. The molecule has 4 rings (SSSR count). The molecule has 2 amide bonds. The number of carbonyl (C=O) groups excluding carboxylic acids is 2. The van der Waals surface area contributed by atoms with Crippen LogP contribution in [0.15, 0.2) is 24.3 Å². The maximum atomic E-state index is 12.7. The number of nitrogens with zero attached hydrogens (tertiary/aromatic N) is 2. The highest BCUT2D eigenvalue weighted by molar-refractivity contribution is 5.84. The number of piperazine rings is 1. The van der Waals surface area contributed by atoms with E-state index in [1.165, 1.54) is 24.3 Å². The molecular formula is C20H25F3N4O3. The van der Waals surface area contributed by atoms with Crippen molar-refractivity contribution in [3.63, 3.8) is 0 Å². The van der Waals surface area contributed by atoms with Crippen molar-refractivity contribution in [3.8, 4) is 5.75 Å². The number of rotatable bonds is 4.